The Morgan fingerprint density at radius 2 is 1.82 bits per heavy atom. The minimum absolute atomic E-state index is 0.103. The van der Waals surface area contributed by atoms with Crippen LogP contribution in [0.5, 0.6) is 0 Å². The summed E-state index contributed by atoms with van der Waals surface area (Å²) in [6, 6.07) is 7.82. The summed E-state index contributed by atoms with van der Waals surface area (Å²) in [7, 11) is 0. The van der Waals surface area contributed by atoms with Crippen LogP contribution in [0.1, 0.15) is 35.6 Å². The topological polar surface area (TPSA) is 72.7 Å². The molecule has 0 aliphatic carbocycles. The van der Waals surface area contributed by atoms with Crippen molar-refractivity contribution in [2.45, 2.75) is 38.9 Å². The molecule has 6 nitrogen and oxygen atoms in total. The van der Waals surface area contributed by atoms with Crippen LogP contribution in [0.2, 0.25) is 0 Å². The highest BCUT2D eigenvalue weighted by Crippen LogP contribution is 2.21. The molecule has 1 N–H and O–H groups in total. The number of nitrogens with zero attached hydrogens (tertiary/aromatic N) is 4. The van der Waals surface area contributed by atoms with Crippen molar-refractivity contribution in [1.29, 1.82) is 0 Å². The standard InChI is InChI=1S/C20H22FN5OS/c1-12-9-13(2)24-20(23-12)28-11-19(27)25-14(3)18-10-22-26(15(18)4)17-7-5-16(21)6-8-17/h5-10,14H,11H2,1-4H3,(H,25,27)/t14-/m0/s1. The first kappa shape index (κ1) is 20.0. The minimum Gasteiger partial charge on any atom is -0.349 e. The van der Waals surface area contributed by atoms with Gasteiger partial charge in [-0.1, -0.05) is 11.8 Å². The molecular weight excluding hydrogens is 377 g/mol. The van der Waals surface area contributed by atoms with E-state index in [-0.39, 0.29) is 23.5 Å². The number of thioether (sulfide) groups is 1. The molecule has 1 amide bonds. The zero-order valence-electron chi connectivity index (χ0n) is 16.2. The molecule has 2 aromatic heterocycles. The van der Waals surface area contributed by atoms with Crippen LogP contribution in [-0.2, 0) is 4.79 Å². The Morgan fingerprint density at radius 3 is 2.46 bits per heavy atom. The summed E-state index contributed by atoms with van der Waals surface area (Å²) in [5.41, 5.74) is 4.33. The number of halogens is 1. The van der Waals surface area contributed by atoms with Gasteiger partial charge in [0.15, 0.2) is 5.16 Å². The lowest BCUT2D eigenvalue weighted by Crippen LogP contribution is -2.28. The third-order valence-electron chi connectivity index (χ3n) is 4.26. The highest BCUT2D eigenvalue weighted by Gasteiger charge is 2.17. The van der Waals surface area contributed by atoms with Gasteiger partial charge in [0.05, 0.1) is 23.7 Å². The molecule has 0 aliphatic rings. The molecule has 0 bridgehead atoms. The first-order valence-corrected chi connectivity index (χ1v) is 9.87. The second kappa shape index (κ2) is 8.52. The van der Waals surface area contributed by atoms with Gasteiger partial charge in [-0.2, -0.15) is 5.10 Å². The summed E-state index contributed by atoms with van der Waals surface area (Å²) in [4.78, 5) is 21.0. The molecule has 146 valence electrons. The van der Waals surface area contributed by atoms with Crippen LogP contribution in [0.3, 0.4) is 0 Å². The van der Waals surface area contributed by atoms with E-state index in [1.165, 1.54) is 23.9 Å². The van der Waals surface area contributed by atoms with Gasteiger partial charge >= 0.3 is 0 Å². The number of benzene rings is 1. The number of carbonyl (C=O) groups excluding carboxylic acids is 1. The molecule has 0 saturated heterocycles. The Kier molecular flexibility index (Phi) is 6.08. The maximum absolute atomic E-state index is 13.1. The SMILES string of the molecule is Cc1cc(C)nc(SCC(=O)N[C@@H](C)c2cnn(-c3ccc(F)cc3)c2C)n1. The minimum atomic E-state index is -0.292. The Labute approximate surface area is 167 Å². The Bertz CT molecular complexity index is 967. The predicted molar refractivity (Wildman–Crippen MR) is 107 cm³/mol. The van der Waals surface area contributed by atoms with Gasteiger partial charge in [-0.3, -0.25) is 4.79 Å². The average molecular weight is 399 g/mol. The number of aromatic nitrogens is 4. The lowest BCUT2D eigenvalue weighted by Gasteiger charge is -2.14. The number of carbonyl (C=O) groups is 1. The van der Waals surface area contributed by atoms with Gasteiger partial charge in [-0.25, -0.2) is 19.0 Å². The van der Waals surface area contributed by atoms with E-state index < -0.39 is 0 Å². The second-order valence-corrected chi connectivity index (χ2v) is 7.53. The maximum atomic E-state index is 13.1. The van der Waals surface area contributed by atoms with E-state index in [0.29, 0.717) is 5.16 Å². The van der Waals surface area contributed by atoms with Crippen LogP contribution in [0.4, 0.5) is 4.39 Å². The number of rotatable bonds is 6. The van der Waals surface area contributed by atoms with Crippen LogP contribution in [-0.4, -0.2) is 31.4 Å². The lowest BCUT2D eigenvalue weighted by atomic mass is 10.1. The second-order valence-electron chi connectivity index (χ2n) is 6.58. The van der Waals surface area contributed by atoms with Gasteiger partial charge in [0.2, 0.25) is 5.91 Å². The third kappa shape index (κ3) is 4.75. The van der Waals surface area contributed by atoms with E-state index >= 15 is 0 Å². The largest absolute Gasteiger partial charge is 0.349 e. The molecule has 3 rings (SSSR count). The number of hydrogen-bond donors (Lipinski definition) is 1. The Hall–Kier alpha value is -2.74. The van der Waals surface area contributed by atoms with Crippen molar-refractivity contribution in [3.05, 3.63) is 65.0 Å². The van der Waals surface area contributed by atoms with Gasteiger partial charge < -0.3 is 5.32 Å². The maximum Gasteiger partial charge on any atom is 0.230 e. The molecule has 8 heteroatoms. The van der Waals surface area contributed by atoms with Gasteiger partial charge in [0, 0.05) is 22.6 Å². The van der Waals surface area contributed by atoms with E-state index in [1.54, 1.807) is 23.0 Å². The lowest BCUT2D eigenvalue weighted by molar-refractivity contribution is -0.119. The normalized spacial score (nSPS) is 12.0. The zero-order valence-corrected chi connectivity index (χ0v) is 17.0. The fourth-order valence-electron chi connectivity index (χ4n) is 2.94. The van der Waals surface area contributed by atoms with E-state index in [1.807, 2.05) is 33.8 Å². The molecule has 0 spiro atoms. The van der Waals surface area contributed by atoms with Crippen molar-refractivity contribution in [2.75, 3.05) is 5.75 Å². The van der Waals surface area contributed by atoms with E-state index in [2.05, 4.69) is 20.4 Å². The predicted octanol–water partition coefficient (Wildman–Crippen LogP) is 3.70. The van der Waals surface area contributed by atoms with Gasteiger partial charge in [-0.05, 0) is 58.0 Å². The summed E-state index contributed by atoms with van der Waals surface area (Å²) in [6.45, 7) is 7.65. The highest BCUT2D eigenvalue weighted by molar-refractivity contribution is 7.99. The molecule has 1 atom stereocenters. The van der Waals surface area contributed by atoms with Crippen LogP contribution >= 0.6 is 11.8 Å². The fraction of sp³-hybridized carbons (Fsp3) is 0.300. The molecule has 0 aliphatic heterocycles. The molecule has 0 saturated carbocycles. The summed E-state index contributed by atoms with van der Waals surface area (Å²) >= 11 is 1.31. The van der Waals surface area contributed by atoms with Crippen LogP contribution in [0, 0.1) is 26.6 Å². The van der Waals surface area contributed by atoms with Crippen LogP contribution in [0.15, 0.2) is 41.7 Å². The molecule has 0 fully saturated rings. The van der Waals surface area contributed by atoms with E-state index in [0.717, 1.165) is 28.3 Å². The molecule has 1 aromatic carbocycles. The summed E-state index contributed by atoms with van der Waals surface area (Å²) < 4.78 is 14.9. The summed E-state index contributed by atoms with van der Waals surface area (Å²) in [6.07, 6.45) is 1.73. The first-order chi connectivity index (χ1) is 13.3. The van der Waals surface area contributed by atoms with Crippen molar-refractivity contribution in [3.63, 3.8) is 0 Å². The monoisotopic (exact) mass is 399 g/mol. The fourth-order valence-corrected chi connectivity index (χ4v) is 3.70. The number of amides is 1. The highest BCUT2D eigenvalue weighted by atomic mass is 32.2. The van der Waals surface area contributed by atoms with Crippen molar-refractivity contribution in [3.8, 4) is 5.69 Å². The van der Waals surface area contributed by atoms with Gasteiger partial charge in [0.1, 0.15) is 5.82 Å². The number of hydrogen-bond acceptors (Lipinski definition) is 5. The quantitative estimate of drug-likeness (QED) is 0.505. The number of nitrogens with one attached hydrogen (secondary N) is 1. The molecular formula is C20H22FN5OS. The van der Waals surface area contributed by atoms with E-state index in [4.69, 9.17) is 0 Å². The van der Waals surface area contributed by atoms with E-state index in [9.17, 15) is 9.18 Å². The average Bonchev–Trinajstić information content (AvgIpc) is 3.01. The molecule has 0 unspecified atom stereocenters. The number of aryl methyl sites for hydroxylation is 2. The molecule has 0 radical (unpaired) electrons. The van der Waals surface area contributed by atoms with Crippen molar-refractivity contribution in [2.24, 2.45) is 0 Å². The Balaban J connectivity index is 1.63. The van der Waals surface area contributed by atoms with Crippen molar-refractivity contribution in [1.82, 2.24) is 25.1 Å². The third-order valence-corrected chi connectivity index (χ3v) is 5.10. The molecule has 2 heterocycles. The molecule has 28 heavy (non-hydrogen) atoms. The molecule has 3 aromatic rings. The first-order valence-electron chi connectivity index (χ1n) is 8.88. The Morgan fingerprint density at radius 1 is 1.18 bits per heavy atom. The van der Waals surface area contributed by atoms with Crippen molar-refractivity contribution >= 4 is 17.7 Å². The summed E-state index contributed by atoms with van der Waals surface area (Å²) in [5, 5.41) is 7.95. The van der Waals surface area contributed by atoms with Crippen molar-refractivity contribution < 1.29 is 9.18 Å². The van der Waals surface area contributed by atoms with Gasteiger partial charge in [-0.15, -0.1) is 0 Å². The zero-order chi connectivity index (χ0) is 20.3. The van der Waals surface area contributed by atoms with Crippen LogP contribution in [0.25, 0.3) is 5.69 Å². The van der Waals surface area contributed by atoms with Crippen LogP contribution < -0.4 is 5.32 Å². The van der Waals surface area contributed by atoms with Gasteiger partial charge in [0.25, 0.3) is 0 Å². The summed E-state index contributed by atoms with van der Waals surface area (Å²) in [5.74, 6) is -0.160. The smallest absolute Gasteiger partial charge is 0.230 e.